The van der Waals surface area contributed by atoms with Gasteiger partial charge >= 0.3 is 0 Å². The summed E-state index contributed by atoms with van der Waals surface area (Å²) in [6, 6.07) is 5.78. The Morgan fingerprint density at radius 1 is 1.55 bits per heavy atom. The van der Waals surface area contributed by atoms with Crippen LogP contribution in [0.4, 0.5) is 5.69 Å². The molecule has 1 atom stereocenters. The molecule has 0 aliphatic heterocycles. The third kappa shape index (κ3) is 4.47. The number of ether oxygens (including phenoxy) is 1. The van der Waals surface area contributed by atoms with Crippen LogP contribution in [0.3, 0.4) is 0 Å². The number of nitrogens with zero attached hydrogens (tertiary/aromatic N) is 1. The van der Waals surface area contributed by atoms with Gasteiger partial charge in [0.1, 0.15) is 6.07 Å². The Morgan fingerprint density at radius 3 is 2.85 bits per heavy atom. The Morgan fingerprint density at radius 2 is 2.25 bits per heavy atom. The molecule has 7 nitrogen and oxygen atoms in total. The number of sulfonamides is 1. The molecule has 0 saturated carbocycles. The van der Waals surface area contributed by atoms with Crippen molar-refractivity contribution in [1.29, 1.82) is 5.26 Å². The van der Waals surface area contributed by atoms with Crippen molar-refractivity contribution in [2.75, 3.05) is 26.0 Å². The molecule has 110 valence electrons. The highest BCUT2D eigenvalue weighted by molar-refractivity contribution is 7.89. The number of nitrogens with one attached hydrogen (secondary N) is 1. The van der Waals surface area contributed by atoms with Crippen LogP contribution in [0.15, 0.2) is 23.1 Å². The van der Waals surface area contributed by atoms with Crippen LogP contribution in [0.25, 0.3) is 0 Å². The molecule has 1 unspecified atom stereocenters. The van der Waals surface area contributed by atoms with E-state index in [1.54, 1.807) is 6.07 Å². The standard InChI is InChI=1S/C12H17N3O4S/c1-19-8-11(16)4-5-15-20(17,18)12-3-2-10(14)6-9(12)7-13/h2-3,6,11,15-16H,4-5,8,14H2,1H3. The first-order chi connectivity index (χ1) is 9.40. The number of hydrogen-bond acceptors (Lipinski definition) is 6. The van der Waals surface area contributed by atoms with Gasteiger partial charge in [-0.15, -0.1) is 0 Å². The zero-order chi connectivity index (χ0) is 15.2. The molecule has 4 N–H and O–H groups in total. The summed E-state index contributed by atoms with van der Waals surface area (Å²) in [7, 11) is -2.36. The minimum absolute atomic E-state index is 0.0186. The van der Waals surface area contributed by atoms with Crippen LogP contribution in [-0.2, 0) is 14.8 Å². The average molecular weight is 299 g/mol. The van der Waals surface area contributed by atoms with E-state index in [0.717, 1.165) is 0 Å². The van der Waals surface area contributed by atoms with Crippen molar-refractivity contribution in [3.05, 3.63) is 23.8 Å². The minimum Gasteiger partial charge on any atom is -0.399 e. The Bertz CT molecular complexity index is 595. The van der Waals surface area contributed by atoms with E-state index in [2.05, 4.69) is 4.72 Å². The van der Waals surface area contributed by atoms with E-state index in [0.29, 0.717) is 5.69 Å². The maximum absolute atomic E-state index is 12.0. The number of rotatable bonds is 7. The lowest BCUT2D eigenvalue weighted by molar-refractivity contribution is 0.0603. The summed E-state index contributed by atoms with van der Waals surface area (Å²) in [4.78, 5) is -0.129. The van der Waals surface area contributed by atoms with E-state index in [1.165, 1.54) is 25.3 Å². The van der Waals surface area contributed by atoms with Crippen LogP contribution in [0.1, 0.15) is 12.0 Å². The number of aliphatic hydroxyl groups excluding tert-OH is 1. The quantitative estimate of drug-likeness (QED) is 0.599. The first-order valence-electron chi connectivity index (χ1n) is 5.87. The van der Waals surface area contributed by atoms with Crippen molar-refractivity contribution in [2.45, 2.75) is 17.4 Å². The molecule has 1 aromatic rings. The highest BCUT2D eigenvalue weighted by Gasteiger charge is 2.18. The van der Waals surface area contributed by atoms with Crippen molar-refractivity contribution in [3.8, 4) is 6.07 Å². The number of nitrogen functional groups attached to an aromatic ring is 1. The van der Waals surface area contributed by atoms with Crippen molar-refractivity contribution >= 4 is 15.7 Å². The Labute approximate surface area is 118 Å². The van der Waals surface area contributed by atoms with Gasteiger partial charge in [-0.05, 0) is 24.6 Å². The largest absolute Gasteiger partial charge is 0.399 e. The summed E-state index contributed by atoms with van der Waals surface area (Å²) < 4.78 is 31.2. The summed E-state index contributed by atoms with van der Waals surface area (Å²) in [6.07, 6.45) is -0.534. The second-order valence-electron chi connectivity index (χ2n) is 4.16. The van der Waals surface area contributed by atoms with E-state index in [-0.39, 0.29) is 30.0 Å². The van der Waals surface area contributed by atoms with E-state index in [1.807, 2.05) is 0 Å². The molecular weight excluding hydrogens is 282 g/mol. The number of nitrogens with two attached hydrogens (primary N) is 1. The Balaban J connectivity index is 2.77. The van der Waals surface area contributed by atoms with E-state index in [4.69, 9.17) is 15.7 Å². The maximum atomic E-state index is 12.0. The highest BCUT2D eigenvalue weighted by Crippen LogP contribution is 2.17. The number of benzene rings is 1. The molecule has 1 aromatic carbocycles. The van der Waals surface area contributed by atoms with Gasteiger partial charge in [0.05, 0.1) is 23.2 Å². The first kappa shape index (κ1) is 16.4. The molecule has 0 aliphatic carbocycles. The summed E-state index contributed by atoms with van der Waals surface area (Å²) >= 11 is 0. The fourth-order valence-corrected chi connectivity index (χ4v) is 2.77. The molecule has 0 fully saturated rings. The highest BCUT2D eigenvalue weighted by atomic mass is 32.2. The second kappa shape index (κ2) is 7.21. The molecule has 0 radical (unpaired) electrons. The Hall–Kier alpha value is -1.66. The third-order valence-corrected chi connectivity index (χ3v) is 4.06. The van der Waals surface area contributed by atoms with Gasteiger partial charge in [-0.2, -0.15) is 5.26 Å². The van der Waals surface area contributed by atoms with Crippen LogP contribution >= 0.6 is 0 Å². The van der Waals surface area contributed by atoms with Crippen LogP contribution in [-0.4, -0.2) is 39.9 Å². The summed E-state index contributed by atoms with van der Waals surface area (Å²) in [5, 5.41) is 18.4. The van der Waals surface area contributed by atoms with Gasteiger partial charge in [0, 0.05) is 19.3 Å². The van der Waals surface area contributed by atoms with Crippen molar-refractivity contribution in [2.24, 2.45) is 0 Å². The summed E-state index contributed by atoms with van der Waals surface area (Å²) in [6.45, 7) is 0.176. The molecule has 0 aliphatic rings. The lowest BCUT2D eigenvalue weighted by atomic mass is 10.2. The molecule has 8 heteroatoms. The molecule has 20 heavy (non-hydrogen) atoms. The first-order valence-corrected chi connectivity index (χ1v) is 7.35. The second-order valence-corrected chi connectivity index (χ2v) is 5.90. The monoisotopic (exact) mass is 299 g/mol. The zero-order valence-corrected chi connectivity index (χ0v) is 11.9. The molecule has 0 saturated heterocycles. The van der Waals surface area contributed by atoms with Crippen LogP contribution in [0, 0.1) is 11.3 Å². The SMILES string of the molecule is COCC(O)CCNS(=O)(=O)c1ccc(N)cc1C#N. The van der Waals surface area contributed by atoms with Gasteiger partial charge in [0.25, 0.3) is 0 Å². The van der Waals surface area contributed by atoms with E-state index in [9.17, 15) is 13.5 Å². The van der Waals surface area contributed by atoms with Crippen LogP contribution in [0.5, 0.6) is 0 Å². The lowest BCUT2D eigenvalue weighted by Gasteiger charge is -2.11. The molecule has 1 rings (SSSR count). The van der Waals surface area contributed by atoms with Crippen LogP contribution in [0.2, 0.25) is 0 Å². The summed E-state index contributed by atoms with van der Waals surface area (Å²) in [5.74, 6) is 0. The Kier molecular flexibility index (Phi) is 5.91. The molecule has 0 spiro atoms. The van der Waals surface area contributed by atoms with Gasteiger partial charge in [0.15, 0.2) is 0 Å². The normalized spacial score (nSPS) is 12.8. The number of aliphatic hydroxyl groups is 1. The lowest BCUT2D eigenvalue weighted by Crippen LogP contribution is -2.29. The fourth-order valence-electron chi connectivity index (χ4n) is 1.58. The predicted octanol–water partition coefficient (Wildman–Crippen LogP) is -0.184. The maximum Gasteiger partial charge on any atom is 0.241 e. The van der Waals surface area contributed by atoms with Crippen molar-refractivity contribution in [1.82, 2.24) is 4.72 Å². The van der Waals surface area contributed by atoms with Gasteiger partial charge in [0.2, 0.25) is 10.0 Å². The van der Waals surface area contributed by atoms with Gasteiger partial charge in [-0.3, -0.25) is 0 Å². The molecule has 0 heterocycles. The number of hydrogen-bond donors (Lipinski definition) is 3. The van der Waals surface area contributed by atoms with E-state index < -0.39 is 16.1 Å². The molecular formula is C12H17N3O4S. The van der Waals surface area contributed by atoms with Crippen molar-refractivity contribution in [3.63, 3.8) is 0 Å². The third-order valence-electron chi connectivity index (χ3n) is 2.54. The van der Waals surface area contributed by atoms with Gasteiger partial charge < -0.3 is 15.6 Å². The smallest absolute Gasteiger partial charge is 0.241 e. The number of nitriles is 1. The molecule has 0 amide bonds. The predicted molar refractivity (Wildman–Crippen MR) is 73.3 cm³/mol. The number of methoxy groups -OCH3 is 1. The number of anilines is 1. The fraction of sp³-hybridized carbons (Fsp3) is 0.417. The van der Waals surface area contributed by atoms with Crippen molar-refractivity contribution < 1.29 is 18.3 Å². The van der Waals surface area contributed by atoms with Crippen LogP contribution < -0.4 is 10.5 Å². The molecule has 0 bridgehead atoms. The zero-order valence-electron chi connectivity index (χ0n) is 11.0. The van der Waals surface area contributed by atoms with E-state index >= 15 is 0 Å². The van der Waals surface area contributed by atoms with Gasteiger partial charge in [-0.25, -0.2) is 13.1 Å². The topological polar surface area (TPSA) is 125 Å². The van der Waals surface area contributed by atoms with Gasteiger partial charge in [-0.1, -0.05) is 0 Å². The molecule has 0 aromatic heterocycles. The summed E-state index contributed by atoms with van der Waals surface area (Å²) in [5.41, 5.74) is 5.80. The average Bonchev–Trinajstić information content (AvgIpc) is 2.38. The minimum atomic E-state index is -3.81.